The number of hydrogen-bond donors (Lipinski definition) is 2. The first-order chi connectivity index (χ1) is 11.9. The molecule has 0 aromatic carbocycles. The van der Waals surface area contributed by atoms with Crippen LogP contribution in [0.3, 0.4) is 0 Å². The van der Waals surface area contributed by atoms with Crippen molar-refractivity contribution < 1.29 is 5.11 Å². The van der Waals surface area contributed by atoms with Gasteiger partial charge in [-0.15, -0.1) is 11.3 Å². The Morgan fingerprint density at radius 3 is 3.00 bits per heavy atom. The molecule has 9 heteroatoms. The quantitative estimate of drug-likeness (QED) is 0.727. The van der Waals surface area contributed by atoms with Crippen LogP contribution in [0.4, 0.5) is 5.82 Å². The van der Waals surface area contributed by atoms with Crippen molar-refractivity contribution in [3.63, 3.8) is 0 Å². The van der Waals surface area contributed by atoms with Crippen molar-refractivity contribution >= 4 is 28.3 Å². The van der Waals surface area contributed by atoms with Crippen molar-refractivity contribution in [1.29, 1.82) is 0 Å². The number of aromatic nitrogens is 5. The van der Waals surface area contributed by atoms with Crippen LogP contribution in [0.25, 0.3) is 11.2 Å². The number of imidazole rings is 1. The Kier molecular flexibility index (Phi) is 3.94. The minimum atomic E-state index is -0.845. The lowest BCUT2D eigenvalue weighted by molar-refractivity contribution is -0.0517. The van der Waals surface area contributed by atoms with Gasteiger partial charge in [0.05, 0.1) is 28.7 Å². The van der Waals surface area contributed by atoms with Crippen LogP contribution >= 0.6 is 11.3 Å². The number of aryl methyl sites for hydroxylation is 1. The molecule has 8 nitrogen and oxygen atoms in total. The summed E-state index contributed by atoms with van der Waals surface area (Å²) in [4.78, 5) is 19.5. The highest BCUT2D eigenvalue weighted by atomic mass is 32.1. The number of fused-ring (bicyclic) bond motifs is 1. The van der Waals surface area contributed by atoms with Gasteiger partial charge in [-0.05, 0) is 20.3 Å². The predicted octanol–water partition coefficient (Wildman–Crippen LogP) is 1.37. The zero-order valence-corrected chi connectivity index (χ0v) is 15.1. The van der Waals surface area contributed by atoms with E-state index in [1.807, 2.05) is 18.4 Å². The summed E-state index contributed by atoms with van der Waals surface area (Å²) in [6.45, 7) is 6.18. The molecule has 4 heterocycles. The third kappa shape index (κ3) is 2.99. The van der Waals surface area contributed by atoms with Crippen LogP contribution < -0.4 is 5.73 Å². The number of nitrogens with zero attached hydrogens (tertiary/aromatic N) is 6. The topological polar surface area (TPSA) is 106 Å². The first-order valence-corrected chi connectivity index (χ1v) is 9.11. The molecule has 25 heavy (non-hydrogen) atoms. The molecule has 1 aliphatic heterocycles. The molecule has 1 aliphatic rings. The van der Waals surface area contributed by atoms with Crippen LogP contribution in [-0.4, -0.2) is 53.2 Å². The first-order valence-electron chi connectivity index (χ1n) is 8.23. The van der Waals surface area contributed by atoms with Gasteiger partial charge in [-0.2, -0.15) is 0 Å². The van der Waals surface area contributed by atoms with E-state index in [1.54, 1.807) is 17.7 Å². The molecule has 3 aromatic rings. The van der Waals surface area contributed by atoms with E-state index in [1.165, 1.54) is 6.33 Å². The van der Waals surface area contributed by atoms with Crippen LogP contribution in [0.15, 0.2) is 18.0 Å². The van der Waals surface area contributed by atoms with Gasteiger partial charge < -0.3 is 15.4 Å². The lowest BCUT2D eigenvalue weighted by atomic mass is 9.88. The number of nitrogen functional groups attached to an aromatic ring is 1. The molecule has 3 aromatic heterocycles. The van der Waals surface area contributed by atoms with Crippen molar-refractivity contribution in [2.24, 2.45) is 0 Å². The monoisotopic (exact) mass is 359 g/mol. The summed E-state index contributed by atoms with van der Waals surface area (Å²) in [6.07, 6.45) is 3.80. The highest BCUT2D eigenvalue weighted by Crippen LogP contribution is 2.34. The van der Waals surface area contributed by atoms with E-state index in [0.29, 0.717) is 29.9 Å². The molecule has 1 fully saturated rings. The molecular weight excluding hydrogens is 338 g/mol. The first kappa shape index (κ1) is 16.4. The van der Waals surface area contributed by atoms with Crippen molar-refractivity contribution in [3.05, 3.63) is 28.7 Å². The lowest BCUT2D eigenvalue weighted by Crippen LogP contribution is -2.50. The Morgan fingerprint density at radius 2 is 2.24 bits per heavy atom. The summed E-state index contributed by atoms with van der Waals surface area (Å²) in [5, 5.41) is 14.1. The fourth-order valence-corrected chi connectivity index (χ4v) is 4.03. The molecule has 0 spiro atoms. The van der Waals surface area contributed by atoms with Gasteiger partial charge in [0.2, 0.25) is 0 Å². The van der Waals surface area contributed by atoms with Crippen LogP contribution in [0, 0.1) is 6.92 Å². The van der Waals surface area contributed by atoms with Crippen molar-refractivity contribution in [1.82, 2.24) is 29.4 Å². The molecule has 0 saturated carbocycles. The number of likely N-dealkylation sites (tertiary alicyclic amines) is 1. The van der Waals surface area contributed by atoms with Gasteiger partial charge in [-0.25, -0.2) is 19.9 Å². The fraction of sp³-hybridized carbons (Fsp3) is 0.500. The molecule has 4 rings (SSSR count). The number of anilines is 1. The van der Waals surface area contributed by atoms with E-state index in [-0.39, 0.29) is 6.04 Å². The third-order valence-corrected chi connectivity index (χ3v) is 5.68. The summed E-state index contributed by atoms with van der Waals surface area (Å²) in [6, 6.07) is -0.166. The van der Waals surface area contributed by atoms with Gasteiger partial charge >= 0.3 is 0 Å². The van der Waals surface area contributed by atoms with Crippen molar-refractivity contribution in [3.8, 4) is 0 Å². The Balaban J connectivity index is 1.64. The summed E-state index contributed by atoms with van der Waals surface area (Å²) in [5.41, 5.74) is 7.35. The van der Waals surface area contributed by atoms with E-state index in [4.69, 9.17) is 5.73 Å². The number of piperidine rings is 1. The SMILES string of the molecule is Cc1nc(CN2CC[C@@](C)(O)[C@H](n3cnc4c(N)ncnc43)C2)cs1. The van der Waals surface area contributed by atoms with Gasteiger partial charge in [0.15, 0.2) is 11.5 Å². The predicted molar refractivity (Wildman–Crippen MR) is 96.1 cm³/mol. The van der Waals surface area contributed by atoms with E-state index in [9.17, 15) is 5.11 Å². The molecule has 0 unspecified atom stereocenters. The van der Waals surface area contributed by atoms with Gasteiger partial charge in [0, 0.05) is 25.0 Å². The highest BCUT2D eigenvalue weighted by Gasteiger charge is 2.39. The average molecular weight is 359 g/mol. The van der Waals surface area contributed by atoms with Crippen LogP contribution in [0.2, 0.25) is 0 Å². The summed E-state index contributed by atoms with van der Waals surface area (Å²) in [5.74, 6) is 0.356. The Morgan fingerprint density at radius 1 is 1.40 bits per heavy atom. The number of aliphatic hydroxyl groups is 1. The number of hydrogen-bond acceptors (Lipinski definition) is 8. The maximum absolute atomic E-state index is 11.0. The Labute approximate surface area is 149 Å². The van der Waals surface area contributed by atoms with E-state index < -0.39 is 5.60 Å². The third-order valence-electron chi connectivity index (χ3n) is 4.86. The van der Waals surface area contributed by atoms with Crippen molar-refractivity contribution in [2.45, 2.75) is 38.5 Å². The van der Waals surface area contributed by atoms with E-state index >= 15 is 0 Å². The van der Waals surface area contributed by atoms with E-state index in [0.717, 1.165) is 23.8 Å². The second-order valence-corrected chi connectivity index (χ2v) is 7.86. The molecule has 3 N–H and O–H groups in total. The largest absolute Gasteiger partial charge is 0.388 e. The van der Waals surface area contributed by atoms with Crippen LogP contribution in [0.5, 0.6) is 0 Å². The van der Waals surface area contributed by atoms with E-state index in [2.05, 4.69) is 30.2 Å². The summed E-state index contributed by atoms with van der Waals surface area (Å²) in [7, 11) is 0. The molecule has 0 bridgehead atoms. The van der Waals surface area contributed by atoms with Gasteiger partial charge in [-0.1, -0.05) is 0 Å². The second kappa shape index (κ2) is 6.01. The Hall–Kier alpha value is -2.10. The minimum absolute atomic E-state index is 0.166. The van der Waals surface area contributed by atoms with Crippen LogP contribution in [0.1, 0.15) is 30.1 Å². The fourth-order valence-electron chi connectivity index (χ4n) is 3.42. The highest BCUT2D eigenvalue weighted by molar-refractivity contribution is 7.09. The average Bonchev–Trinajstić information content (AvgIpc) is 3.16. The maximum Gasteiger partial charge on any atom is 0.165 e. The zero-order chi connectivity index (χ0) is 17.6. The summed E-state index contributed by atoms with van der Waals surface area (Å²) >= 11 is 1.66. The Bertz CT molecular complexity index is 903. The standard InChI is InChI=1S/C16H21N7OS/c1-10-21-11(7-25-10)5-22-4-3-16(2,24)12(6-22)23-9-20-13-14(17)18-8-19-15(13)23/h7-9,12,24H,3-6H2,1-2H3,(H2,17,18,19)/t12-,16-/m1/s1. The second-order valence-electron chi connectivity index (χ2n) is 6.80. The molecule has 2 atom stereocenters. The number of rotatable bonds is 3. The molecule has 132 valence electrons. The smallest absolute Gasteiger partial charge is 0.165 e. The number of thiazole rings is 1. The van der Waals surface area contributed by atoms with Crippen LogP contribution in [-0.2, 0) is 6.54 Å². The number of nitrogens with two attached hydrogens (primary N) is 1. The van der Waals surface area contributed by atoms with Gasteiger partial charge in [0.25, 0.3) is 0 Å². The molecule has 1 saturated heterocycles. The maximum atomic E-state index is 11.0. The molecular formula is C16H21N7OS. The summed E-state index contributed by atoms with van der Waals surface area (Å²) < 4.78 is 1.92. The van der Waals surface area contributed by atoms with Crippen molar-refractivity contribution in [2.75, 3.05) is 18.8 Å². The molecule has 0 aliphatic carbocycles. The van der Waals surface area contributed by atoms with Gasteiger partial charge in [0.1, 0.15) is 11.8 Å². The zero-order valence-electron chi connectivity index (χ0n) is 14.3. The molecule has 0 amide bonds. The minimum Gasteiger partial charge on any atom is -0.388 e. The lowest BCUT2D eigenvalue weighted by Gasteiger charge is -2.43. The molecule has 0 radical (unpaired) electrons. The van der Waals surface area contributed by atoms with Gasteiger partial charge in [-0.3, -0.25) is 4.90 Å². The normalized spacial score (nSPS) is 24.8.